The predicted molar refractivity (Wildman–Crippen MR) is 84.4 cm³/mol. The lowest BCUT2D eigenvalue weighted by Crippen LogP contribution is -2.31. The van der Waals surface area contributed by atoms with Crippen LogP contribution in [-0.2, 0) is 17.9 Å². The van der Waals surface area contributed by atoms with Crippen molar-refractivity contribution in [3.05, 3.63) is 16.1 Å². The third kappa shape index (κ3) is 5.17. The number of methoxy groups -OCH3 is 1. The van der Waals surface area contributed by atoms with Crippen LogP contribution in [0.4, 0.5) is 0 Å². The van der Waals surface area contributed by atoms with Crippen LogP contribution in [0.1, 0.15) is 24.0 Å². The molecule has 7 heteroatoms. The molecule has 2 N–H and O–H groups in total. The number of likely N-dealkylation sites (tertiary alicyclic amines) is 1. The number of hydrogen-bond donors (Lipinski definition) is 1. The van der Waals surface area contributed by atoms with Gasteiger partial charge in [-0.2, -0.15) is 0 Å². The Morgan fingerprint density at radius 2 is 2.26 bits per heavy atom. The monoisotopic (exact) mass is 327 g/mol. The molecular formula is C12H23Cl2N3OS. The fourth-order valence-corrected chi connectivity index (χ4v) is 3.02. The molecule has 0 amide bonds. The Morgan fingerprint density at radius 3 is 2.84 bits per heavy atom. The zero-order valence-corrected chi connectivity index (χ0v) is 13.9. The first-order valence-electron chi connectivity index (χ1n) is 6.00. The molecule has 1 saturated heterocycles. The Balaban J connectivity index is 0.00000162. The van der Waals surface area contributed by atoms with E-state index in [2.05, 4.69) is 22.2 Å². The van der Waals surface area contributed by atoms with Crippen molar-refractivity contribution in [2.24, 2.45) is 11.1 Å². The molecule has 0 saturated carbocycles. The number of aromatic nitrogens is 1. The van der Waals surface area contributed by atoms with Crippen molar-refractivity contribution >= 4 is 36.2 Å². The second kappa shape index (κ2) is 8.39. The molecule has 2 rings (SSSR count). The molecule has 1 aromatic heterocycles. The van der Waals surface area contributed by atoms with Gasteiger partial charge in [-0.05, 0) is 24.9 Å². The molecule has 0 bridgehead atoms. The van der Waals surface area contributed by atoms with Crippen molar-refractivity contribution in [1.82, 2.24) is 9.88 Å². The zero-order valence-electron chi connectivity index (χ0n) is 11.4. The maximum absolute atomic E-state index is 5.81. The van der Waals surface area contributed by atoms with Crippen LogP contribution in [0.15, 0.2) is 5.38 Å². The first-order valence-corrected chi connectivity index (χ1v) is 6.88. The first-order chi connectivity index (χ1) is 8.15. The molecule has 4 nitrogen and oxygen atoms in total. The van der Waals surface area contributed by atoms with E-state index in [0.29, 0.717) is 12.0 Å². The molecule has 0 aromatic carbocycles. The van der Waals surface area contributed by atoms with E-state index in [1.807, 2.05) is 0 Å². The number of nitrogens with two attached hydrogens (primary N) is 1. The molecule has 0 aliphatic carbocycles. The van der Waals surface area contributed by atoms with E-state index in [4.69, 9.17) is 10.5 Å². The van der Waals surface area contributed by atoms with Crippen LogP contribution in [0, 0.1) is 5.41 Å². The highest BCUT2D eigenvalue weighted by atomic mass is 35.5. The molecular weight excluding hydrogens is 305 g/mol. The number of ether oxygens (including phenoxy) is 1. The van der Waals surface area contributed by atoms with E-state index in [-0.39, 0.29) is 24.8 Å². The quantitative estimate of drug-likeness (QED) is 0.901. The van der Waals surface area contributed by atoms with Gasteiger partial charge >= 0.3 is 0 Å². The predicted octanol–water partition coefficient (Wildman–Crippen LogP) is 2.30. The number of hydrogen-bond acceptors (Lipinski definition) is 5. The molecule has 19 heavy (non-hydrogen) atoms. The van der Waals surface area contributed by atoms with Crippen molar-refractivity contribution in [2.45, 2.75) is 26.5 Å². The summed E-state index contributed by atoms with van der Waals surface area (Å²) in [5, 5.41) is 3.19. The molecule has 1 aliphatic rings. The summed E-state index contributed by atoms with van der Waals surface area (Å²) in [6.45, 7) is 6.81. The third-order valence-electron chi connectivity index (χ3n) is 3.38. The Morgan fingerprint density at radius 1 is 1.53 bits per heavy atom. The van der Waals surface area contributed by atoms with Gasteiger partial charge in [0.2, 0.25) is 0 Å². The smallest absolute Gasteiger partial charge is 0.119 e. The fourth-order valence-electron chi connectivity index (χ4n) is 2.27. The minimum atomic E-state index is 0. The second-order valence-electron chi connectivity index (χ2n) is 5.14. The first kappa shape index (κ1) is 19.1. The molecule has 0 spiro atoms. The summed E-state index contributed by atoms with van der Waals surface area (Å²) < 4.78 is 5.08. The highest BCUT2D eigenvalue weighted by Crippen LogP contribution is 2.29. The van der Waals surface area contributed by atoms with Gasteiger partial charge in [-0.1, -0.05) is 6.92 Å². The second-order valence-corrected chi connectivity index (χ2v) is 6.08. The number of thiazole rings is 1. The van der Waals surface area contributed by atoms with Gasteiger partial charge in [-0.25, -0.2) is 4.98 Å². The van der Waals surface area contributed by atoms with Crippen LogP contribution in [0.2, 0.25) is 0 Å². The van der Waals surface area contributed by atoms with Crippen molar-refractivity contribution in [1.29, 1.82) is 0 Å². The SMILES string of the molecule is COCc1nc(CN2CCC(C)(CN)C2)cs1.Cl.Cl. The summed E-state index contributed by atoms with van der Waals surface area (Å²) in [4.78, 5) is 7.00. The van der Waals surface area contributed by atoms with Crippen molar-refractivity contribution < 1.29 is 4.74 Å². The maximum atomic E-state index is 5.81. The summed E-state index contributed by atoms with van der Waals surface area (Å²) in [6.07, 6.45) is 1.19. The van der Waals surface area contributed by atoms with Crippen molar-refractivity contribution in [2.75, 3.05) is 26.7 Å². The van der Waals surface area contributed by atoms with Crippen LogP contribution in [-0.4, -0.2) is 36.6 Å². The zero-order chi connectivity index (χ0) is 12.3. The number of halogens is 2. The summed E-state index contributed by atoms with van der Waals surface area (Å²) in [7, 11) is 1.70. The molecule has 1 fully saturated rings. The van der Waals surface area contributed by atoms with E-state index >= 15 is 0 Å². The van der Waals surface area contributed by atoms with E-state index in [9.17, 15) is 0 Å². The van der Waals surface area contributed by atoms with Gasteiger partial charge in [0.1, 0.15) is 5.01 Å². The summed E-state index contributed by atoms with van der Waals surface area (Å²) >= 11 is 1.68. The standard InChI is InChI=1S/C12H21N3OS.2ClH/c1-12(8-13)3-4-15(9-12)5-10-7-17-11(14-10)6-16-2;;/h7H,3-6,8-9,13H2,1-2H3;2*1H. The van der Waals surface area contributed by atoms with Crippen LogP contribution in [0.3, 0.4) is 0 Å². The Bertz CT molecular complexity index is 378. The minimum Gasteiger partial charge on any atom is -0.378 e. The highest BCUT2D eigenvalue weighted by molar-refractivity contribution is 7.09. The molecule has 112 valence electrons. The molecule has 1 aliphatic heterocycles. The van der Waals surface area contributed by atoms with E-state index in [1.165, 1.54) is 6.42 Å². The summed E-state index contributed by atoms with van der Waals surface area (Å²) in [5.41, 5.74) is 7.26. The van der Waals surface area contributed by atoms with Gasteiger partial charge in [-0.15, -0.1) is 36.2 Å². The topological polar surface area (TPSA) is 51.4 Å². The lowest BCUT2D eigenvalue weighted by molar-refractivity contribution is 0.184. The summed E-state index contributed by atoms with van der Waals surface area (Å²) in [5.74, 6) is 0. The lowest BCUT2D eigenvalue weighted by atomic mass is 9.90. The van der Waals surface area contributed by atoms with Gasteiger partial charge in [0, 0.05) is 25.6 Å². The average molecular weight is 328 g/mol. The van der Waals surface area contributed by atoms with Crippen LogP contribution >= 0.6 is 36.2 Å². The van der Waals surface area contributed by atoms with E-state index in [0.717, 1.165) is 36.9 Å². The van der Waals surface area contributed by atoms with Crippen molar-refractivity contribution in [3.8, 4) is 0 Å². The average Bonchev–Trinajstić information content (AvgIpc) is 2.89. The number of nitrogens with zero attached hydrogens (tertiary/aromatic N) is 2. The molecule has 1 aromatic rings. The Labute approximate surface area is 131 Å². The minimum absolute atomic E-state index is 0. The van der Waals surface area contributed by atoms with Crippen molar-refractivity contribution in [3.63, 3.8) is 0 Å². The van der Waals surface area contributed by atoms with Gasteiger partial charge in [0.25, 0.3) is 0 Å². The molecule has 0 radical (unpaired) electrons. The Kier molecular flexibility index (Phi) is 8.43. The van der Waals surface area contributed by atoms with Gasteiger partial charge < -0.3 is 10.5 Å². The lowest BCUT2D eigenvalue weighted by Gasteiger charge is -2.22. The molecule has 1 atom stereocenters. The molecule has 1 unspecified atom stereocenters. The van der Waals surface area contributed by atoms with E-state index < -0.39 is 0 Å². The summed E-state index contributed by atoms with van der Waals surface area (Å²) in [6, 6.07) is 0. The Hall–Kier alpha value is 0.0900. The fraction of sp³-hybridized carbons (Fsp3) is 0.750. The molecule has 2 heterocycles. The number of rotatable bonds is 5. The maximum Gasteiger partial charge on any atom is 0.119 e. The van der Waals surface area contributed by atoms with Crippen LogP contribution < -0.4 is 5.73 Å². The van der Waals surface area contributed by atoms with E-state index in [1.54, 1.807) is 18.4 Å². The largest absolute Gasteiger partial charge is 0.378 e. The third-order valence-corrected chi connectivity index (χ3v) is 4.25. The van der Waals surface area contributed by atoms with Crippen LogP contribution in [0.5, 0.6) is 0 Å². The highest BCUT2D eigenvalue weighted by Gasteiger charge is 2.32. The normalized spacial score (nSPS) is 22.9. The van der Waals surface area contributed by atoms with Gasteiger partial charge in [0.15, 0.2) is 0 Å². The van der Waals surface area contributed by atoms with Crippen LogP contribution in [0.25, 0.3) is 0 Å². The van der Waals surface area contributed by atoms with Gasteiger partial charge in [-0.3, -0.25) is 4.90 Å². The van der Waals surface area contributed by atoms with Gasteiger partial charge in [0.05, 0.1) is 12.3 Å².